The molecule has 1 rings (SSSR count). The lowest BCUT2D eigenvalue weighted by Gasteiger charge is -2.34. The van der Waals surface area contributed by atoms with E-state index in [0.717, 1.165) is 12.8 Å². The molecule has 0 amide bonds. The van der Waals surface area contributed by atoms with Gasteiger partial charge in [0.2, 0.25) is 0 Å². The van der Waals surface area contributed by atoms with Crippen molar-refractivity contribution in [2.24, 2.45) is 23.7 Å². The molecule has 3 atom stereocenters. The summed E-state index contributed by atoms with van der Waals surface area (Å²) in [5.74, 6) is 0.812. The third kappa shape index (κ3) is 3.16. The molecule has 0 heterocycles. The van der Waals surface area contributed by atoms with E-state index in [0.29, 0.717) is 17.8 Å². The summed E-state index contributed by atoms with van der Waals surface area (Å²) in [5, 5.41) is 9.08. The number of rotatable bonds is 2. The van der Waals surface area contributed by atoms with Crippen LogP contribution in [0.4, 0.5) is 0 Å². The maximum absolute atomic E-state index is 11.0. The summed E-state index contributed by atoms with van der Waals surface area (Å²) in [6.45, 7) is 6.43. The Hall–Kier alpha value is -0.240. The number of carbonyl (C=O) groups is 1. The Balaban J connectivity index is 0.00000169. The molecule has 0 aromatic rings. The van der Waals surface area contributed by atoms with Gasteiger partial charge in [-0.2, -0.15) is 0 Å². The third-order valence-electron chi connectivity index (χ3n) is 3.34. The van der Waals surface area contributed by atoms with E-state index < -0.39 is 5.97 Å². The van der Waals surface area contributed by atoms with Crippen molar-refractivity contribution in [3.05, 3.63) is 0 Å². The summed E-state index contributed by atoms with van der Waals surface area (Å²) >= 11 is 0. The molecular weight excluding hydrogens is 200 g/mol. The Morgan fingerprint density at radius 2 is 1.93 bits per heavy atom. The van der Waals surface area contributed by atoms with Crippen LogP contribution in [0.3, 0.4) is 0 Å². The van der Waals surface area contributed by atoms with Crippen molar-refractivity contribution in [3.8, 4) is 0 Å². The van der Waals surface area contributed by atoms with Crippen LogP contribution in [0.5, 0.6) is 0 Å². The smallest absolute Gasteiger partial charge is 0.306 e. The number of hydrogen-bond donors (Lipinski definition) is 1. The van der Waals surface area contributed by atoms with Gasteiger partial charge < -0.3 is 5.11 Å². The molecule has 0 radical (unpaired) electrons. The lowest BCUT2D eigenvalue weighted by Crippen LogP contribution is -2.33. The highest BCUT2D eigenvalue weighted by atomic mass is 35.5. The molecule has 0 bridgehead atoms. The van der Waals surface area contributed by atoms with Crippen LogP contribution < -0.4 is 0 Å². The number of carboxylic acid groups (broad SMARTS) is 1. The van der Waals surface area contributed by atoms with Gasteiger partial charge in [0, 0.05) is 0 Å². The van der Waals surface area contributed by atoms with Gasteiger partial charge in [-0.15, -0.1) is 12.4 Å². The number of hydrogen-bond acceptors (Lipinski definition) is 1. The molecule has 0 aliphatic heterocycles. The summed E-state index contributed by atoms with van der Waals surface area (Å²) < 4.78 is 0. The Bertz CT molecular complexity index is 192. The first-order valence-electron chi connectivity index (χ1n) is 5.25. The van der Waals surface area contributed by atoms with E-state index in [1.807, 2.05) is 0 Å². The predicted molar refractivity (Wildman–Crippen MR) is 59.7 cm³/mol. The van der Waals surface area contributed by atoms with Crippen molar-refractivity contribution in [2.45, 2.75) is 40.0 Å². The Kier molecular flexibility index (Phi) is 5.50. The number of aliphatic carboxylic acids is 1. The van der Waals surface area contributed by atoms with Crippen molar-refractivity contribution >= 4 is 18.4 Å². The van der Waals surface area contributed by atoms with Gasteiger partial charge in [-0.3, -0.25) is 4.79 Å². The first-order valence-corrected chi connectivity index (χ1v) is 5.25. The highest BCUT2D eigenvalue weighted by Crippen LogP contribution is 2.37. The Morgan fingerprint density at radius 1 is 1.36 bits per heavy atom. The summed E-state index contributed by atoms with van der Waals surface area (Å²) in [7, 11) is 0. The predicted octanol–water partition coefficient (Wildman–Crippen LogP) is 3.20. The van der Waals surface area contributed by atoms with Crippen molar-refractivity contribution in [2.75, 3.05) is 0 Å². The molecule has 0 spiro atoms. The second kappa shape index (κ2) is 5.59. The lowest BCUT2D eigenvalue weighted by atomic mass is 9.70. The van der Waals surface area contributed by atoms with Gasteiger partial charge in [0.25, 0.3) is 0 Å². The monoisotopic (exact) mass is 220 g/mol. The molecule has 84 valence electrons. The van der Waals surface area contributed by atoms with Gasteiger partial charge in [-0.05, 0) is 30.6 Å². The van der Waals surface area contributed by atoms with E-state index in [-0.39, 0.29) is 18.3 Å². The minimum Gasteiger partial charge on any atom is -0.481 e. The van der Waals surface area contributed by atoms with Gasteiger partial charge in [0.05, 0.1) is 5.92 Å². The topological polar surface area (TPSA) is 37.3 Å². The van der Waals surface area contributed by atoms with E-state index >= 15 is 0 Å². The highest BCUT2D eigenvalue weighted by molar-refractivity contribution is 5.85. The SMILES string of the molecule is CC(C)[C@@H]1CC[C@@H](C)C[C@H]1C(=O)O.Cl. The average molecular weight is 221 g/mol. The van der Waals surface area contributed by atoms with Crippen LogP contribution in [0.25, 0.3) is 0 Å². The third-order valence-corrected chi connectivity index (χ3v) is 3.34. The molecule has 14 heavy (non-hydrogen) atoms. The molecule has 1 saturated carbocycles. The molecule has 1 aliphatic rings. The Labute approximate surface area is 92.5 Å². The van der Waals surface area contributed by atoms with Crippen LogP contribution in [0, 0.1) is 23.7 Å². The van der Waals surface area contributed by atoms with Crippen LogP contribution in [-0.2, 0) is 4.79 Å². The van der Waals surface area contributed by atoms with Crippen molar-refractivity contribution < 1.29 is 9.90 Å². The molecule has 1 aliphatic carbocycles. The van der Waals surface area contributed by atoms with Crippen LogP contribution >= 0.6 is 12.4 Å². The normalized spacial score (nSPS) is 32.4. The van der Waals surface area contributed by atoms with Crippen LogP contribution in [-0.4, -0.2) is 11.1 Å². The zero-order chi connectivity index (χ0) is 10.0. The summed E-state index contributed by atoms with van der Waals surface area (Å²) in [4.78, 5) is 11.0. The molecule has 3 heteroatoms. The molecule has 0 saturated heterocycles. The quantitative estimate of drug-likeness (QED) is 0.776. The fraction of sp³-hybridized carbons (Fsp3) is 0.909. The van der Waals surface area contributed by atoms with E-state index in [1.165, 1.54) is 6.42 Å². The molecular formula is C11H21ClO2. The van der Waals surface area contributed by atoms with Crippen LogP contribution in [0.15, 0.2) is 0 Å². The second-order valence-corrected chi connectivity index (χ2v) is 4.77. The minimum absolute atomic E-state index is 0. The van der Waals surface area contributed by atoms with E-state index in [4.69, 9.17) is 5.11 Å². The lowest BCUT2D eigenvalue weighted by molar-refractivity contribution is -0.146. The van der Waals surface area contributed by atoms with Gasteiger partial charge in [-0.25, -0.2) is 0 Å². The number of carboxylic acids is 1. The number of halogens is 1. The van der Waals surface area contributed by atoms with Crippen molar-refractivity contribution in [3.63, 3.8) is 0 Å². The van der Waals surface area contributed by atoms with Gasteiger partial charge in [-0.1, -0.05) is 27.2 Å². The van der Waals surface area contributed by atoms with Gasteiger partial charge in [0.1, 0.15) is 0 Å². The first-order chi connectivity index (χ1) is 6.02. The summed E-state index contributed by atoms with van der Waals surface area (Å²) in [6.07, 6.45) is 3.17. The molecule has 0 unspecified atom stereocenters. The van der Waals surface area contributed by atoms with E-state index in [2.05, 4.69) is 20.8 Å². The standard InChI is InChI=1S/C11H20O2.ClH/c1-7(2)9-5-4-8(3)6-10(9)11(12)13;/h7-10H,4-6H2,1-3H3,(H,12,13);1H/t8-,9+,10-;/m1./s1. The average Bonchev–Trinajstić information content (AvgIpc) is 2.03. The zero-order valence-electron chi connectivity index (χ0n) is 9.19. The second-order valence-electron chi connectivity index (χ2n) is 4.77. The molecule has 0 aromatic carbocycles. The molecule has 0 aromatic heterocycles. The molecule has 1 fully saturated rings. The minimum atomic E-state index is -0.592. The first kappa shape index (κ1) is 13.8. The fourth-order valence-electron chi connectivity index (χ4n) is 2.49. The maximum atomic E-state index is 11.0. The summed E-state index contributed by atoms with van der Waals surface area (Å²) in [5.41, 5.74) is 0. The van der Waals surface area contributed by atoms with E-state index in [1.54, 1.807) is 0 Å². The van der Waals surface area contributed by atoms with Crippen LogP contribution in [0.1, 0.15) is 40.0 Å². The molecule has 1 N–H and O–H groups in total. The van der Waals surface area contributed by atoms with Crippen LogP contribution in [0.2, 0.25) is 0 Å². The molecule has 2 nitrogen and oxygen atoms in total. The van der Waals surface area contributed by atoms with Crippen molar-refractivity contribution in [1.29, 1.82) is 0 Å². The largest absolute Gasteiger partial charge is 0.481 e. The van der Waals surface area contributed by atoms with Gasteiger partial charge in [0.15, 0.2) is 0 Å². The van der Waals surface area contributed by atoms with Crippen molar-refractivity contribution in [1.82, 2.24) is 0 Å². The van der Waals surface area contributed by atoms with E-state index in [9.17, 15) is 4.79 Å². The fourth-order valence-corrected chi connectivity index (χ4v) is 2.49. The zero-order valence-corrected chi connectivity index (χ0v) is 10.0. The van der Waals surface area contributed by atoms with Gasteiger partial charge >= 0.3 is 5.97 Å². The Morgan fingerprint density at radius 3 is 2.36 bits per heavy atom. The maximum Gasteiger partial charge on any atom is 0.306 e. The highest BCUT2D eigenvalue weighted by Gasteiger charge is 2.35. The summed E-state index contributed by atoms with van der Waals surface area (Å²) in [6, 6.07) is 0.